The Hall–Kier alpha value is -2.10. The quantitative estimate of drug-likeness (QED) is 0.873. The molecular weight excluding hydrogens is 278 g/mol. The van der Waals surface area contributed by atoms with Crippen LogP contribution in [0, 0.1) is 5.92 Å². The van der Waals surface area contributed by atoms with Gasteiger partial charge in [-0.25, -0.2) is 4.79 Å². The summed E-state index contributed by atoms with van der Waals surface area (Å²) in [5.41, 5.74) is 0.946. The molecule has 0 bridgehead atoms. The first-order chi connectivity index (χ1) is 10.7. The van der Waals surface area contributed by atoms with E-state index in [0.717, 1.165) is 31.2 Å². The largest absolute Gasteiger partial charge is 0.480 e. The van der Waals surface area contributed by atoms with Gasteiger partial charge in [-0.1, -0.05) is 43.2 Å². The standard InChI is InChI=1S/C18H21NO3/c20-17(11-10-13-6-2-1-3-7-13)19-15-9-5-4-8-14(15)12-16(19)18(21)22/h1-3,6-7,10-11,14-16H,4-5,8-9,12H2,(H,21,22)/t14-,15-,16-/m0/s1. The van der Waals surface area contributed by atoms with E-state index in [0.29, 0.717) is 12.3 Å². The molecule has 1 N–H and O–H groups in total. The molecule has 0 aromatic heterocycles. The van der Waals surface area contributed by atoms with Crippen LogP contribution < -0.4 is 0 Å². The molecule has 4 heteroatoms. The Morgan fingerprint density at radius 1 is 1.14 bits per heavy atom. The Kier molecular flexibility index (Phi) is 4.27. The van der Waals surface area contributed by atoms with Crippen molar-refractivity contribution in [3.8, 4) is 0 Å². The second-order valence-electron chi connectivity index (χ2n) is 6.19. The summed E-state index contributed by atoms with van der Waals surface area (Å²) in [4.78, 5) is 25.7. The number of carbonyl (C=O) groups is 2. The first-order valence-corrected chi connectivity index (χ1v) is 7.95. The smallest absolute Gasteiger partial charge is 0.326 e. The SMILES string of the molecule is O=C(O)[C@@H]1C[C@@H]2CCCC[C@@H]2N1C(=O)C=Cc1ccccc1. The Bertz CT molecular complexity index is 581. The molecule has 1 aliphatic carbocycles. The third-order valence-electron chi connectivity index (χ3n) is 4.85. The lowest BCUT2D eigenvalue weighted by Crippen LogP contribution is -2.45. The van der Waals surface area contributed by atoms with Crippen LogP contribution in [0.3, 0.4) is 0 Å². The van der Waals surface area contributed by atoms with E-state index < -0.39 is 12.0 Å². The van der Waals surface area contributed by atoms with E-state index in [1.54, 1.807) is 11.0 Å². The maximum absolute atomic E-state index is 12.6. The van der Waals surface area contributed by atoms with Crippen molar-refractivity contribution in [2.24, 2.45) is 5.92 Å². The molecule has 4 nitrogen and oxygen atoms in total. The summed E-state index contributed by atoms with van der Waals surface area (Å²) in [6.45, 7) is 0. The average molecular weight is 299 g/mol. The highest BCUT2D eigenvalue weighted by atomic mass is 16.4. The molecule has 1 aromatic carbocycles. The number of fused-ring (bicyclic) bond motifs is 1. The topological polar surface area (TPSA) is 57.6 Å². The lowest BCUT2D eigenvalue weighted by atomic mass is 9.85. The van der Waals surface area contributed by atoms with Gasteiger partial charge in [-0.15, -0.1) is 0 Å². The second kappa shape index (κ2) is 6.34. The summed E-state index contributed by atoms with van der Waals surface area (Å²) in [6, 6.07) is 9.03. The van der Waals surface area contributed by atoms with Gasteiger partial charge in [-0.3, -0.25) is 4.79 Å². The summed E-state index contributed by atoms with van der Waals surface area (Å²) >= 11 is 0. The summed E-state index contributed by atoms with van der Waals surface area (Å²) < 4.78 is 0. The van der Waals surface area contributed by atoms with Crippen LogP contribution in [0.2, 0.25) is 0 Å². The van der Waals surface area contributed by atoms with E-state index in [-0.39, 0.29) is 11.9 Å². The van der Waals surface area contributed by atoms with E-state index >= 15 is 0 Å². The van der Waals surface area contributed by atoms with Crippen LogP contribution in [0.15, 0.2) is 36.4 Å². The molecule has 3 atom stereocenters. The van der Waals surface area contributed by atoms with E-state index in [1.165, 1.54) is 6.08 Å². The number of hydrogen-bond acceptors (Lipinski definition) is 2. The van der Waals surface area contributed by atoms with Gasteiger partial charge in [0.25, 0.3) is 0 Å². The number of carboxylic acid groups (broad SMARTS) is 1. The van der Waals surface area contributed by atoms with Crippen LogP contribution in [0.4, 0.5) is 0 Å². The molecule has 0 unspecified atom stereocenters. The Labute approximate surface area is 130 Å². The van der Waals surface area contributed by atoms with E-state index in [4.69, 9.17) is 0 Å². The van der Waals surface area contributed by atoms with Crippen molar-refractivity contribution in [2.45, 2.75) is 44.2 Å². The molecule has 22 heavy (non-hydrogen) atoms. The molecule has 1 amide bonds. The molecular formula is C18H21NO3. The third kappa shape index (κ3) is 2.91. The van der Waals surface area contributed by atoms with Gasteiger partial charge < -0.3 is 10.0 Å². The third-order valence-corrected chi connectivity index (χ3v) is 4.85. The van der Waals surface area contributed by atoms with Crippen molar-refractivity contribution in [1.29, 1.82) is 0 Å². The minimum atomic E-state index is -0.879. The highest BCUT2D eigenvalue weighted by molar-refractivity contribution is 5.95. The van der Waals surface area contributed by atoms with Crippen molar-refractivity contribution >= 4 is 18.0 Å². The molecule has 2 aliphatic rings. The molecule has 116 valence electrons. The molecule has 1 saturated heterocycles. The zero-order valence-electron chi connectivity index (χ0n) is 12.5. The van der Waals surface area contributed by atoms with Crippen LogP contribution in [0.5, 0.6) is 0 Å². The molecule has 1 aliphatic heterocycles. The zero-order valence-corrected chi connectivity index (χ0v) is 12.5. The second-order valence-corrected chi connectivity index (χ2v) is 6.19. The number of rotatable bonds is 3. The predicted octanol–water partition coefficient (Wildman–Crippen LogP) is 2.94. The average Bonchev–Trinajstić information content (AvgIpc) is 2.93. The van der Waals surface area contributed by atoms with Crippen LogP contribution in [0.1, 0.15) is 37.7 Å². The lowest BCUT2D eigenvalue weighted by Gasteiger charge is -2.32. The molecule has 3 rings (SSSR count). The fraction of sp³-hybridized carbons (Fsp3) is 0.444. The number of amides is 1. The zero-order chi connectivity index (χ0) is 15.5. The maximum atomic E-state index is 12.6. The highest BCUT2D eigenvalue weighted by Gasteiger charge is 2.46. The fourth-order valence-electron chi connectivity index (χ4n) is 3.82. The number of likely N-dealkylation sites (tertiary alicyclic amines) is 1. The van der Waals surface area contributed by atoms with Crippen LogP contribution in [-0.2, 0) is 9.59 Å². The number of hydrogen-bond donors (Lipinski definition) is 1. The Balaban J connectivity index is 1.79. The van der Waals surface area contributed by atoms with Gasteiger partial charge >= 0.3 is 5.97 Å². The van der Waals surface area contributed by atoms with Gasteiger partial charge in [0.15, 0.2) is 0 Å². The van der Waals surface area contributed by atoms with Gasteiger partial charge in [0.2, 0.25) is 5.91 Å². The number of nitrogens with zero attached hydrogens (tertiary/aromatic N) is 1. The van der Waals surface area contributed by atoms with E-state index in [2.05, 4.69) is 0 Å². The number of benzene rings is 1. The Morgan fingerprint density at radius 3 is 2.59 bits per heavy atom. The van der Waals surface area contributed by atoms with Gasteiger partial charge in [-0.2, -0.15) is 0 Å². The Morgan fingerprint density at radius 2 is 1.86 bits per heavy atom. The van der Waals surface area contributed by atoms with Crippen LogP contribution in [-0.4, -0.2) is 34.0 Å². The van der Waals surface area contributed by atoms with E-state index in [9.17, 15) is 14.7 Å². The molecule has 0 spiro atoms. The number of carbonyl (C=O) groups excluding carboxylic acids is 1. The molecule has 1 aromatic rings. The van der Waals surface area contributed by atoms with Crippen molar-refractivity contribution < 1.29 is 14.7 Å². The van der Waals surface area contributed by atoms with Gasteiger partial charge in [-0.05, 0) is 36.8 Å². The monoisotopic (exact) mass is 299 g/mol. The van der Waals surface area contributed by atoms with E-state index in [1.807, 2.05) is 30.3 Å². The number of carboxylic acids is 1. The summed E-state index contributed by atoms with van der Waals surface area (Å²) in [7, 11) is 0. The summed E-state index contributed by atoms with van der Waals surface area (Å²) in [6.07, 6.45) is 8.08. The van der Waals surface area contributed by atoms with Crippen LogP contribution >= 0.6 is 0 Å². The minimum Gasteiger partial charge on any atom is -0.480 e. The van der Waals surface area contributed by atoms with Gasteiger partial charge in [0, 0.05) is 12.1 Å². The maximum Gasteiger partial charge on any atom is 0.326 e. The summed E-state index contributed by atoms with van der Waals surface area (Å²) in [5.74, 6) is -0.703. The molecule has 0 radical (unpaired) electrons. The number of aliphatic carboxylic acids is 1. The summed E-state index contributed by atoms with van der Waals surface area (Å²) in [5, 5.41) is 9.45. The lowest BCUT2D eigenvalue weighted by molar-refractivity contribution is -0.147. The van der Waals surface area contributed by atoms with Gasteiger partial charge in [0.05, 0.1) is 0 Å². The van der Waals surface area contributed by atoms with Crippen LogP contribution in [0.25, 0.3) is 6.08 Å². The first-order valence-electron chi connectivity index (χ1n) is 7.95. The first kappa shape index (κ1) is 14.8. The normalized spacial score (nSPS) is 27.8. The van der Waals surface area contributed by atoms with Crippen molar-refractivity contribution in [3.63, 3.8) is 0 Å². The molecule has 1 saturated carbocycles. The predicted molar refractivity (Wildman–Crippen MR) is 84.1 cm³/mol. The molecule has 2 fully saturated rings. The van der Waals surface area contributed by atoms with Crippen molar-refractivity contribution in [2.75, 3.05) is 0 Å². The fourth-order valence-corrected chi connectivity index (χ4v) is 3.82. The minimum absolute atomic E-state index is 0.0998. The van der Waals surface area contributed by atoms with Crippen molar-refractivity contribution in [1.82, 2.24) is 4.90 Å². The highest BCUT2D eigenvalue weighted by Crippen LogP contribution is 2.39. The van der Waals surface area contributed by atoms with Crippen molar-refractivity contribution in [3.05, 3.63) is 42.0 Å². The van der Waals surface area contributed by atoms with Gasteiger partial charge in [0.1, 0.15) is 6.04 Å². The molecule has 1 heterocycles.